The zero-order chi connectivity index (χ0) is 15.7. The zero-order valence-electron chi connectivity index (χ0n) is 11.9. The van der Waals surface area contributed by atoms with E-state index in [1.165, 1.54) is 7.11 Å². The quantitative estimate of drug-likeness (QED) is 0.506. The van der Waals surface area contributed by atoms with Gasteiger partial charge in [0.15, 0.2) is 0 Å². The van der Waals surface area contributed by atoms with Crippen molar-refractivity contribution < 1.29 is 24.2 Å². The molecule has 1 unspecified atom stereocenters. The van der Waals surface area contributed by atoms with Crippen LogP contribution in [0.15, 0.2) is 0 Å². The molecule has 4 N–H and O–H groups in total. The molecule has 0 aromatic heterocycles. The van der Waals surface area contributed by atoms with E-state index < -0.39 is 24.0 Å². The Hall–Kier alpha value is -1.28. The Morgan fingerprint density at radius 1 is 1.35 bits per heavy atom. The predicted octanol–water partition coefficient (Wildman–Crippen LogP) is -0.165. The second-order valence-corrected chi connectivity index (χ2v) is 5.76. The standard InChI is InChI=1S/C12H22N2O5S/c1-7(2)4-9(12(18)19-3)14-10(15)6-20-5-8(13)11(16)17/h7-9H,4-6,13H2,1-3H3,(H,14,15)(H,16,17)/t8-,9?/m0/s1. The molecule has 0 saturated carbocycles. The van der Waals surface area contributed by atoms with Gasteiger partial charge in [-0.15, -0.1) is 11.8 Å². The molecular formula is C12H22N2O5S. The first-order chi connectivity index (χ1) is 9.27. The molecule has 116 valence electrons. The molecule has 0 aromatic carbocycles. The molecule has 0 saturated heterocycles. The van der Waals surface area contributed by atoms with E-state index in [0.29, 0.717) is 6.42 Å². The summed E-state index contributed by atoms with van der Waals surface area (Å²) in [4.78, 5) is 33.7. The number of amides is 1. The number of hydrogen-bond acceptors (Lipinski definition) is 6. The minimum absolute atomic E-state index is 0.0482. The molecule has 0 aliphatic heterocycles. The van der Waals surface area contributed by atoms with Crippen LogP contribution in [-0.2, 0) is 19.1 Å². The minimum Gasteiger partial charge on any atom is -0.480 e. The lowest BCUT2D eigenvalue weighted by atomic mass is 10.0. The smallest absolute Gasteiger partial charge is 0.328 e. The maximum absolute atomic E-state index is 11.7. The average molecular weight is 306 g/mol. The SMILES string of the molecule is COC(=O)C(CC(C)C)NC(=O)CSC[C@H](N)C(=O)O. The lowest BCUT2D eigenvalue weighted by Gasteiger charge is -2.18. The number of carbonyl (C=O) groups is 3. The Morgan fingerprint density at radius 3 is 2.40 bits per heavy atom. The zero-order valence-corrected chi connectivity index (χ0v) is 12.7. The number of rotatable bonds is 9. The van der Waals surface area contributed by atoms with Crippen molar-refractivity contribution in [2.45, 2.75) is 32.4 Å². The first-order valence-corrected chi connectivity index (χ1v) is 7.36. The van der Waals surface area contributed by atoms with E-state index in [1.807, 2.05) is 13.8 Å². The van der Waals surface area contributed by atoms with Crippen LogP contribution in [0.4, 0.5) is 0 Å². The van der Waals surface area contributed by atoms with Crippen LogP contribution >= 0.6 is 11.8 Å². The van der Waals surface area contributed by atoms with Gasteiger partial charge in [0.05, 0.1) is 12.9 Å². The highest BCUT2D eigenvalue weighted by Gasteiger charge is 2.22. The summed E-state index contributed by atoms with van der Waals surface area (Å²) in [7, 11) is 1.27. The summed E-state index contributed by atoms with van der Waals surface area (Å²) in [6.07, 6.45) is 0.484. The largest absolute Gasteiger partial charge is 0.480 e. The third-order valence-corrected chi connectivity index (χ3v) is 3.44. The number of carbonyl (C=O) groups excluding carboxylic acids is 2. The molecule has 20 heavy (non-hydrogen) atoms. The number of carboxylic acid groups (broad SMARTS) is 1. The molecule has 7 nitrogen and oxygen atoms in total. The van der Waals surface area contributed by atoms with Gasteiger partial charge in [-0.25, -0.2) is 4.79 Å². The topological polar surface area (TPSA) is 119 Å². The Balaban J connectivity index is 4.19. The maximum atomic E-state index is 11.7. The van der Waals surface area contributed by atoms with Gasteiger partial charge in [0.2, 0.25) is 5.91 Å². The molecule has 0 spiro atoms. The van der Waals surface area contributed by atoms with Gasteiger partial charge in [-0.05, 0) is 12.3 Å². The Labute approximate surface area is 122 Å². The van der Waals surface area contributed by atoms with Crippen LogP contribution in [0.1, 0.15) is 20.3 Å². The van der Waals surface area contributed by atoms with Crippen molar-refractivity contribution in [2.24, 2.45) is 11.7 Å². The lowest BCUT2D eigenvalue weighted by Crippen LogP contribution is -2.43. The van der Waals surface area contributed by atoms with Crippen molar-refractivity contribution in [1.82, 2.24) is 5.32 Å². The summed E-state index contributed by atoms with van der Waals surface area (Å²) in [5.74, 6) is -1.52. The van der Waals surface area contributed by atoms with E-state index >= 15 is 0 Å². The number of thioether (sulfide) groups is 1. The fourth-order valence-electron chi connectivity index (χ4n) is 1.41. The molecule has 0 aliphatic rings. The van der Waals surface area contributed by atoms with E-state index in [4.69, 9.17) is 10.8 Å². The molecule has 2 atom stereocenters. The summed E-state index contributed by atoms with van der Waals surface area (Å²) < 4.78 is 4.63. The first-order valence-electron chi connectivity index (χ1n) is 6.21. The van der Waals surface area contributed by atoms with Gasteiger partial charge in [0.25, 0.3) is 0 Å². The number of ether oxygens (including phenoxy) is 1. The van der Waals surface area contributed by atoms with E-state index in [1.54, 1.807) is 0 Å². The summed E-state index contributed by atoms with van der Waals surface area (Å²) in [6.45, 7) is 3.87. The van der Waals surface area contributed by atoms with Crippen molar-refractivity contribution in [3.63, 3.8) is 0 Å². The van der Waals surface area contributed by atoms with E-state index in [9.17, 15) is 14.4 Å². The predicted molar refractivity (Wildman–Crippen MR) is 76.3 cm³/mol. The van der Waals surface area contributed by atoms with Gasteiger partial charge in [0, 0.05) is 5.75 Å². The highest BCUT2D eigenvalue weighted by Crippen LogP contribution is 2.07. The highest BCUT2D eigenvalue weighted by atomic mass is 32.2. The van der Waals surface area contributed by atoms with Crippen LogP contribution in [0.5, 0.6) is 0 Å². The summed E-state index contributed by atoms with van der Waals surface area (Å²) in [6, 6.07) is -1.68. The molecule has 8 heteroatoms. The molecule has 0 bridgehead atoms. The normalized spacial score (nSPS) is 13.7. The monoisotopic (exact) mass is 306 g/mol. The second-order valence-electron chi connectivity index (χ2n) is 4.73. The molecule has 0 heterocycles. The number of esters is 1. The van der Waals surface area contributed by atoms with Crippen molar-refractivity contribution in [3.8, 4) is 0 Å². The van der Waals surface area contributed by atoms with Crippen LogP contribution in [0.3, 0.4) is 0 Å². The molecule has 0 fully saturated rings. The van der Waals surface area contributed by atoms with Crippen molar-refractivity contribution in [1.29, 1.82) is 0 Å². The molecular weight excluding hydrogens is 284 g/mol. The van der Waals surface area contributed by atoms with Crippen LogP contribution < -0.4 is 11.1 Å². The van der Waals surface area contributed by atoms with E-state index in [2.05, 4.69) is 10.1 Å². The number of methoxy groups -OCH3 is 1. The van der Waals surface area contributed by atoms with E-state index in [0.717, 1.165) is 11.8 Å². The fraction of sp³-hybridized carbons (Fsp3) is 0.750. The average Bonchev–Trinajstić information content (AvgIpc) is 2.36. The van der Waals surface area contributed by atoms with Crippen LogP contribution in [0, 0.1) is 5.92 Å². The molecule has 1 amide bonds. The van der Waals surface area contributed by atoms with Gasteiger partial charge < -0.3 is 20.9 Å². The van der Waals surface area contributed by atoms with Crippen molar-refractivity contribution in [3.05, 3.63) is 0 Å². The number of carboxylic acids is 1. The van der Waals surface area contributed by atoms with Gasteiger partial charge in [-0.3, -0.25) is 9.59 Å². The van der Waals surface area contributed by atoms with Gasteiger partial charge in [-0.1, -0.05) is 13.8 Å². The van der Waals surface area contributed by atoms with E-state index in [-0.39, 0.29) is 23.3 Å². The Kier molecular flexibility index (Phi) is 8.98. The van der Waals surface area contributed by atoms with Crippen LogP contribution in [0.25, 0.3) is 0 Å². The number of hydrogen-bond donors (Lipinski definition) is 3. The summed E-state index contributed by atoms with van der Waals surface area (Å²) >= 11 is 1.11. The van der Waals surface area contributed by atoms with Gasteiger partial charge in [-0.2, -0.15) is 0 Å². The Morgan fingerprint density at radius 2 is 1.95 bits per heavy atom. The first kappa shape index (κ1) is 18.7. The van der Waals surface area contributed by atoms with Gasteiger partial charge in [0.1, 0.15) is 12.1 Å². The lowest BCUT2D eigenvalue weighted by molar-refractivity contribution is -0.145. The minimum atomic E-state index is -1.11. The third kappa shape index (κ3) is 8.00. The Bertz CT molecular complexity index is 349. The van der Waals surface area contributed by atoms with Crippen LogP contribution in [-0.4, -0.2) is 53.7 Å². The number of aliphatic carboxylic acids is 1. The molecule has 0 aliphatic carbocycles. The van der Waals surface area contributed by atoms with Crippen LogP contribution in [0.2, 0.25) is 0 Å². The highest BCUT2D eigenvalue weighted by molar-refractivity contribution is 8.00. The molecule has 0 rings (SSSR count). The third-order valence-electron chi connectivity index (χ3n) is 2.38. The maximum Gasteiger partial charge on any atom is 0.328 e. The number of nitrogens with one attached hydrogen (secondary N) is 1. The summed E-state index contributed by atoms with van der Waals surface area (Å²) in [5, 5.41) is 11.2. The molecule has 0 radical (unpaired) electrons. The molecule has 0 aromatic rings. The second kappa shape index (κ2) is 9.60. The van der Waals surface area contributed by atoms with Gasteiger partial charge >= 0.3 is 11.9 Å². The fourth-order valence-corrected chi connectivity index (χ4v) is 2.20. The van der Waals surface area contributed by atoms with Crippen molar-refractivity contribution >= 4 is 29.6 Å². The summed E-state index contributed by atoms with van der Waals surface area (Å²) in [5.41, 5.74) is 5.31. The van der Waals surface area contributed by atoms with Crippen molar-refractivity contribution in [2.75, 3.05) is 18.6 Å². The number of nitrogens with two attached hydrogens (primary N) is 1.